The molecule has 0 aliphatic rings. The van der Waals surface area contributed by atoms with Crippen molar-refractivity contribution in [2.75, 3.05) is 14.2 Å². The van der Waals surface area contributed by atoms with Crippen LogP contribution in [0.25, 0.3) is 22.1 Å². The van der Waals surface area contributed by atoms with Gasteiger partial charge in [-0.2, -0.15) is 4.98 Å². The van der Waals surface area contributed by atoms with Gasteiger partial charge >= 0.3 is 0 Å². The van der Waals surface area contributed by atoms with Crippen LogP contribution in [0.3, 0.4) is 0 Å². The minimum atomic E-state index is -0.146. The first-order valence-corrected chi connectivity index (χ1v) is 11.2. The normalized spacial score (nSPS) is 11.2. The molecular weight excluding hydrogens is 449 g/mol. The number of nitrogens with zero attached hydrogens (tertiary/aromatic N) is 4. The quantitative estimate of drug-likeness (QED) is 0.449. The molecule has 0 spiro atoms. The Bertz CT molecular complexity index is 1310. The highest BCUT2D eigenvalue weighted by molar-refractivity contribution is 6.01. The molecule has 1 aromatic carbocycles. The number of imidazole rings is 1. The van der Waals surface area contributed by atoms with Crippen LogP contribution in [-0.4, -0.2) is 46.4 Å². The van der Waals surface area contributed by atoms with E-state index < -0.39 is 0 Å². The first kappa shape index (κ1) is 27.4. The summed E-state index contributed by atoms with van der Waals surface area (Å²) in [7, 11) is 3.18. The molecule has 1 N–H and O–H groups in total. The van der Waals surface area contributed by atoms with Crippen molar-refractivity contribution in [3.8, 4) is 5.88 Å². The minimum Gasteiger partial charge on any atom is -0.481 e. The highest BCUT2D eigenvalue weighted by atomic mass is 19.1. The summed E-state index contributed by atoms with van der Waals surface area (Å²) >= 11 is 0. The third-order valence-corrected chi connectivity index (χ3v) is 5.71. The lowest BCUT2D eigenvalue weighted by molar-refractivity contribution is -0.118. The smallest absolute Gasteiger partial charge is 0.216 e. The number of amides is 1. The van der Waals surface area contributed by atoms with E-state index in [4.69, 9.17) is 9.53 Å². The number of hydrogen-bond acceptors (Lipinski definition) is 6. The van der Waals surface area contributed by atoms with Crippen molar-refractivity contribution in [3.63, 3.8) is 0 Å². The Morgan fingerprint density at radius 2 is 1.91 bits per heavy atom. The van der Waals surface area contributed by atoms with Crippen molar-refractivity contribution in [2.45, 2.75) is 46.6 Å². The lowest BCUT2D eigenvalue weighted by Crippen LogP contribution is -2.11. The summed E-state index contributed by atoms with van der Waals surface area (Å²) in [5.74, 6) is 1.44. The number of hydrogen-bond donors (Lipinski definition) is 1. The highest BCUT2D eigenvalue weighted by Crippen LogP contribution is 2.27. The molecule has 1 atom stereocenters. The molecule has 1 unspecified atom stereocenters. The predicted molar refractivity (Wildman–Crippen MR) is 135 cm³/mol. The fourth-order valence-electron chi connectivity index (χ4n) is 3.58. The van der Waals surface area contributed by atoms with Crippen molar-refractivity contribution in [2.24, 2.45) is 0 Å². The SMILES string of the molecule is C=O.CCC(C)c1ccc(Cn2c(C)nc3cnc4nc(OC)ccc4c32)cc1F.CNC(C)=O. The number of pyridine rings is 2. The molecule has 0 radical (unpaired) electrons. The second-order valence-corrected chi connectivity index (χ2v) is 7.93. The molecule has 0 bridgehead atoms. The van der Waals surface area contributed by atoms with E-state index in [1.165, 1.54) is 6.92 Å². The summed E-state index contributed by atoms with van der Waals surface area (Å²) in [6.07, 6.45) is 2.64. The standard InChI is InChI=1S/C22H23FN4O.C3H7NO.CH2O/c1-5-13(2)16-7-6-15(10-18(16)23)12-27-14(3)25-19-11-24-22-17(21(19)27)8-9-20(26-22)28-4;1-3(5)4-2;1-2/h6-11,13H,5,12H2,1-4H3;1-2H3,(H,4,5);1H2. The number of halogens is 1. The molecular formula is C26H32FN5O3. The van der Waals surface area contributed by atoms with Gasteiger partial charge < -0.3 is 19.4 Å². The largest absolute Gasteiger partial charge is 0.481 e. The van der Waals surface area contributed by atoms with Crippen molar-refractivity contribution >= 4 is 34.8 Å². The highest BCUT2D eigenvalue weighted by Gasteiger charge is 2.15. The number of benzene rings is 1. The number of carbonyl (C=O) groups excluding carboxylic acids is 2. The summed E-state index contributed by atoms with van der Waals surface area (Å²) in [4.78, 5) is 31.2. The van der Waals surface area contributed by atoms with Crippen LogP contribution in [0.15, 0.2) is 36.5 Å². The van der Waals surface area contributed by atoms with E-state index in [1.807, 2.05) is 44.9 Å². The molecule has 3 aromatic heterocycles. The number of ether oxygens (including phenoxy) is 1. The number of aryl methyl sites for hydroxylation is 1. The molecule has 1 amide bonds. The van der Waals surface area contributed by atoms with Gasteiger partial charge in [0, 0.05) is 32.0 Å². The molecule has 0 aliphatic heterocycles. The molecule has 4 rings (SSSR count). The predicted octanol–water partition coefficient (Wildman–Crippen LogP) is 4.56. The first-order chi connectivity index (χ1) is 16.8. The van der Waals surface area contributed by atoms with E-state index >= 15 is 0 Å². The Morgan fingerprint density at radius 3 is 2.49 bits per heavy atom. The molecule has 0 saturated carbocycles. The topological polar surface area (TPSA) is 99.0 Å². The molecule has 0 aliphatic carbocycles. The van der Waals surface area contributed by atoms with E-state index in [2.05, 4.69) is 31.8 Å². The summed E-state index contributed by atoms with van der Waals surface area (Å²) in [6.45, 7) is 10.1. The summed E-state index contributed by atoms with van der Waals surface area (Å²) in [5, 5.41) is 3.29. The molecule has 3 heterocycles. The van der Waals surface area contributed by atoms with E-state index in [-0.39, 0.29) is 17.6 Å². The Morgan fingerprint density at radius 1 is 1.23 bits per heavy atom. The van der Waals surface area contributed by atoms with Gasteiger partial charge in [-0.3, -0.25) is 4.79 Å². The number of fused-ring (bicyclic) bond motifs is 3. The van der Waals surface area contributed by atoms with Gasteiger partial charge in [0.05, 0.1) is 18.8 Å². The van der Waals surface area contributed by atoms with Gasteiger partial charge in [0.1, 0.15) is 23.9 Å². The Hall–Kier alpha value is -3.88. The van der Waals surface area contributed by atoms with Gasteiger partial charge in [-0.25, -0.2) is 14.4 Å². The Labute approximate surface area is 204 Å². The van der Waals surface area contributed by atoms with Crippen LogP contribution < -0.4 is 10.1 Å². The van der Waals surface area contributed by atoms with E-state index in [1.54, 1.807) is 26.4 Å². The second-order valence-electron chi connectivity index (χ2n) is 7.93. The zero-order valence-electron chi connectivity index (χ0n) is 21.1. The van der Waals surface area contributed by atoms with Crippen LogP contribution in [0, 0.1) is 12.7 Å². The fraction of sp³-hybridized carbons (Fsp3) is 0.346. The lowest BCUT2D eigenvalue weighted by atomic mass is 9.97. The van der Waals surface area contributed by atoms with Crippen molar-refractivity contribution < 1.29 is 18.7 Å². The number of methoxy groups -OCH3 is 1. The summed E-state index contributed by atoms with van der Waals surface area (Å²) in [6, 6.07) is 9.30. The second kappa shape index (κ2) is 12.5. The minimum absolute atomic E-state index is 0.00463. The van der Waals surface area contributed by atoms with Crippen LogP contribution in [0.5, 0.6) is 5.88 Å². The average Bonchev–Trinajstić information content (AvgIpc) is 3.19. The van der Waals surface area contributed by atoms with Crippen LogP contribution in [0.1, 0.15) is 50.1 Å². The maximum Gasteiger partial charge on any atom is 0.216 e. The van der Waals surface area contributed by atoms with Crippen molar-refractivity contribution in [1.29, 1.82) is 0 Å². The number of rotatable bonds is 5. The maximum atomic E-state index is 14.6. The van der Waals surface area contributed by atoms with Gasteiger partial charge in [-0.05, 0) is 42.5 Å². The molecule has 0 saturated heterocycles. The summed E-state index contributed by atoms with van der Waals surface area (Å²) in [5.41, 5.74) is 4.02. The van der Waals surface area contributed by atoms with Gasteiger partial charge in [0.15, 0.2) is 5.65 Å². The van der Waals surface area contributed by atoms with Crippen LogP contribution in [0.2, 0.25) is 0 Å². The average molecular weight is 482 g/mol. The van der Waals surface area contributed by atoms with Crippen LogP contribution >= 0.6 is 0 Å². The number of carbonyl (C=O) groups is 2. The molecule has 8 nitrogen and oxygen atoms in total. The molecule has 35 heavy (non-hydrogen) atoms. The van der Waals surface area contributed by atoms with Crippen molar-refractivity contribution in [1.82, 2.24) is 24.8 Å². The third-order valence-electron chi connectivity index (χ3n) is 5.71. The van der Waals surface area contributed by atoms with Crippen LogP contribution in [-0.2, 0) is 16.1 Å². The Balaban J connectivity index is 0.000000551. The Kier molecular flexibility index (Phi) is 9.81. The third kappa shape index (κ3) is 6.38. The van der Waals surface area contributed by atoms with Gasteiger partial charge in [0.2, 0.25) is 11.8 Å². The molecule has 186 valence electrons. The van der Waals surface area contributed by atoms with Crippen molar-refractivity contribution in [3.05, 3.63) is 59.3 Å². The number of aromatic nitrogens is 4. The molecule has 0 fully saturated rings. The molecule has 9 heteroatoms. The maximum absolute atomic E-state index is 14.6. The van der Waals surface area contributed by atoms with Gasteiger partial charge in [0.25, 0.3) is 0 Å². The zero-order chi connectivity index (χ0) is 26.1. The van der Waals surface area contributed by atoms with E-state index in [9.17, 15) is 9.18 Å². The van der Waals surface area contributed by atoms with E-state index in [0.717, 1.165) is 39.8 Å². The zero-order valence-corrected chi connectivity index (χ0v) is 21.1. The van der Waals surface area contributed by atoms with Gasteiger partial charge in [-0.1, -0.05) is 26.0 Å². The molecule has 4 aromatic rings. The lowest BCUT2D eigenvalue weighted by Gasteiger charge is -2.13. The first-order valence-electron chi connectivity index (χ1n) is 11.2. The monoisotopic (exact) mass is 481 g/mol. The van der Waals surface area contributed by atoms with Gasteiger partial charge in [-0.15, -0.1) is 0 Å². The summed E-state index contributed by atoms with van der Waals surface area (Å²) < 4.78 is 21.9. The number of nitrogens with one attached hydrogen (secondary N) is 1. The van der Waals surface area contributed by atoms with Crippen LogP contribution in [0.4, 0.5) is 4.39 Å². The fourth-order valence-corrected chi connectivity index (χ4v) is 3.58. The van der Waals surface area contributed by atoms with E-state index in [0.29, 0.717) is 18.1 Å².